The van der Waals surface area contributed by atoms with Gasteiger partial charge in [-0.05, 0) is 30.0 Å². The van der Waals surface area contributed by atoms with Crippen molar-refractivity contribution in [3.8, 4) is 0 Å². The zero-order chi connectivity index (χ0) is 9.97. The largest absolute Gasteiger partial charge is 0.383 e. The lowest BCUT2D eigenvalue weighted by molar-refractivity contribution is 0.268. The summed E-state index contributed by atoms with van der Waals surface area (Å²) < 4.78 is 0. The van der Waals surface area contributed by atoms with E-state index in [9.17, 15) is 4.79 Å². The van der Waals surface area contributed by atoms with Gasteiger partial charge in [0.05, 0.1) is 10.6 Å². The number of hydrogen-bond acceptors (Lipinski definition) is 4. The van der Waals surface area contributed by atoms with E-state index in [4.69, 9.17) is 5.73 Å². The highest BCUT2D eigenvalue weighted by Gasteiger charge is 2.18. The lowest BCUT2D eigenvalue weighted by atomic mass is 10.3. The fourth-order valence-corrected chi connectivity index (χ4v) is 1.68. The van der Waals surface area contributed by atoms with E-state index in [-0.39, 0.29) is 11.1 Å². The van der Waals surface area contributed by atoms with E-state index >= 15 is 0 Å². The summed E-state index contributed by atoms with van der Waals surface area (Å²) in [6.45, 7) is 0. The van der Waals surface area contributed by atoms with Gasteiger partial charge in [0.2, 0.25) is 0 Å². The molecule has 1 aliphatic rings. The second kappa shape index (κ2) is 3.63. The lowest BCUT2D eigenvalue weighted by Crippen LogP contribution is -2.08. The summed E-state index contributed by atoms with van der Waals surface area (Å²) in [4.78, 5) is 19.2. The predicted molar refractivity (Wildman–Crippen MR) is 56.8 cm³/mol. The first-order chi connectivity index (χ1) is 6.75. The molecule has 1 aromatic rings. The van der Waals surface area contributed by atoms with Crippen LogP contribution in [-0.2, 0) is 0 Å². The molecule has 0 bridgehead atoms. The number of hydrogen-bond donors (Lipinski definition) is 1. The Kier molecular flexibility index (Phi) is 2.32. The minimum atomic E-state index is -0.273. The molecule has 0 aromatic carbocycles. The summed E-state index contributed by atoms with van der Waals surface area (Å²) in [6.07, 6.45) is 3.43. The van der Waals surface area contributed by atoms with E-state index in [1.54, 1.807) is 12.3 Å². The summed E-state index contributed by atoms with van der Waals surface area (Å²) in [5.74, 6) is 0.269. The Balaban J connectivity index is 2.29. The molecule has 0 radical (unpaired) electrons. The fraction of sp³-hybridized carbons (Fsp3) is 0. The monoisotopic (exact) mass is 205 g/mol. The molecule has 0 saturated heterocycles. The molecule has 0 unspecified atom stereocenters. The van der Waals surface area contributed by atoms with Gasteiger partial charge in [-0.2, -0.15) is 4.99 Å². The number of carbonyl (C=O) groups excluding carboxylic acids is 1. The van der Waals surface area contributed by atoms with E-state index in [1.165, 1.54) is 0 Å². The van der Waals surface area contributed by atoms with E-state index in [1.807, 2.05) is 18.2 Å². The van der Waals surface area contributed by atoms with Crippen LogP contribution in [0.4, 0.5) is 4.79 Å². The highest BCUT2D eigenvalue weighted by molar-refractivity contribution is 8.18. The Morgan fingerprint density at radius 2 is 2.29 bits per heavy atom. The van der Waals surface area contributed by atoms with Crippen LogP contribution in [0.5, 0.6) is 0 Å². The van der Waals surface area contributed by atoms with Crippen LogP contribution in [-0.4, -0.2) is 16.1 Å². The molecule has 0 saturated carbocycles. The standard InChI is InChI=1S/C9H7N3OS/c10-8-7(14-9(13)12-8)5-6-3-1-2-4-11-6/h1-5H,(H2,10,12,13)/b7-5-. The first kappa shape index (κ1) is 8.96. The van der Waals surface area contributed by atoms with Crippen molar-refractivity contribution in [3.05, 3.63) is 35.0 Å². The molecular weight excluding hydrogens is 198 g/mol. The van der Waals surface area contributed by atoms with Crippen LogP contribution >= 0.6 is 11.8 Å². The minimum Gasteiger partial charge on any atom is -0.383 e. The first-order valence-electron chi connectivity index (χ1n) is 3.95. The number of nitrogens with two attached hydrogens (primary N) is 1. The van der Waals surface area contributed by atoms with Crippen LogP contribution in [0.1, 0.15) is 5.69 Å². The third kappa shape index (κ3) is 1.82. The molecule has 4 nitrogen and oxygen atoms in total. The second-order valence-electron chi connectivity index (χ2n) is 2.63. The van der Waals surface area contributed by atoms with Crippen molar-refractivity contribution in [3.63, 3.8) is 0 Å². The molecule has 0 atom stereocenters. The molecular formula is C9H7N3OS. The normalized spacial score (nSPS) is 18.7. The zero-order valence-electron chi connectivity index (χ0n) is 7.18. The maximum absolute atomic E-state index is 10.9. The molecule has 1 aliphatic heterocycles. The van der Waals surface area contributed by atoms with Gasteiger partial charge in [0.1, 0.15) is 5.84 Å². The maximum atomic E-state index is 10.9. The van der Waals surface area contributed by atoms with Crippen molar-refractivity contribution >= 4 is 28.9 Å². The molecule has 2 heterocycles. The molecule has 70 valence electrons. The first-order valence-corrected chi connectivity index (χ1v) is 4.76. The van der Waals surface area contributed by atoms with Crippen LogP contribution in [0.3, 0.4) is 0 Å². The molecule has 5 heteroatoms. The van der Waals surface area contributed by atoms with E-state index < -0.39 is 0 Å². The Morgan fingerprint density at radius 3 is 2.86 bits per heavy atom. The van der Waals surface area contributed by atoms with Crippen LogP contribution in [0, 0.1) is 0 Å². The van der Waals surface area contributed by atoms with Gasteiger partial charge in [0.25, 0.3) is 0 Å². The SMILES string of the molecule is NC1=NC(=O)S/C1=C\c1ccccn1. The van der Waals surface area contributed by atoms with E-state index in [0.29, 0.717) is 4.91 Å². The fourth-order valence-electron chi connectivity index (χ4n) is 1.02. The second-order valence-corrected chi connectivity index (χ2v) is 3.62. The van der Waals surface area contributed by atoms with Crippen LogP contribution in [0.25, 0.3) is 6.08 Å². The van der Waals surface area contributed by atoms with E-state index in [2.05, 4.69) is 9.98 Å². The van der Waals surface area contributed by atoms with Gasteiger partial charge < -0.3 is 5.73 Å². The summed E-state index contributed by atoms with van der Waals surface area (Å²) in [5, 5.41) is -0.273. The van der Waals surface area contributed by atoms with Gasteiger partial charge in [-0.3, -0.25) is 9.78 Å². The number of nitrogens with zero attached hydrogens (tertiary/aromatic N) is 2. The van der Waals surface area contributed by atoms with Gasteiger partial charge in [-0.25, -0.2) is 0 Å². The Labute approximate surface area is 84.9 Å². The number of amidine groups is 1. The lowest BCUT2D eigenvalue weighted by Gasteiger charge is -1.94. The van der Waals surface area contributed by atoms with Crippen molar-refractivity contribution in [1.29, 1.82) is 0 Å². The van der Waals surface area contributed by atoms with Gasteiger partial charge in [-0.15, -0.1) is 0 Å². The summed E-state index contributed by atoms with van der Waals surface area (Å²) >= 11 is 1.02. The van der Waals surface area contributed by atoms with Crippen LogP contribution in [0.2, 0.25) is 0 Å². The third-order valence-electron chi connectivity index (χ3n) is 1.63. The number of carbonyl (C=O) groups is 1. The Morgan fingerprint density at radius 1 is 1.43 bits per heavy atom. The number of aliphatic imine (C=N–C) groups is 1. The van der Waals surface area contributed by atoms with Crippen molar-refractivity contribution in [2.24, 2.45) is 10.7 Å². The molecule has 14 heavy (non-hydrogen) atoms. The molecule has 0 spiro atoms. The average Bonchev–Trinajstić information content (AvgIpc) is 2.47. The van der Waals surface area contributed by atoms with Crippen LogP contribution < -0.4 is 5.73 Å². The Hall–Kier alpha value is -1.62. The predicted octanol–water partition coefficient (Wildman–Crippen LogP) is 1.65. The smallest absolute Gasteiger partial charge is 0.311 e. The van der Waals surface area contributed by atoms with Gasteiger partial charge in [-0.1, -0.05) is 6.07 Å². The minimum absolute atomic E-state index is 0.269. The average molecular weight is 205 g/mol. The third-order valence-corrected chi connectivity index (χ3v) is 2.44. The highest BCUT2D eigenvalue weighted by Crippen LogP contribution is 2.26. The Bertz CT molecular complexity index is 425. The van der Waals surface area contributed by atoms with Gasteiger partial charge in [0.15, 0.2) is 0 Å². The number of thioether (sulfide) groups is 1. The molecule has 1 aromatic heterocycles. The van der Waals surface area contributed by atoms with Crippen molar-refractivity contribution < 1.29 is 4.79 Å². The van der Waals surface area contributed by atoms with E-state index in [0.717, 1.165) is 17.5 Å². The molecule has 1 amide bonds. The topological polar surface area (TPSA) is 68.3 Å². The molecule has 0 aliphatic carbocycles. The van der Waals surface area contributed by atoms with Crippen LogP contribution in [0.15, 0.2) is 34.3 Å². The number of rotatable bonds is 1. The van der Waals surface area contributed by atoms with Crippen molar-refractivity contribution in [2.45, 2.75) is 0 Å². The van der Waals surface area contributed by atoms with Gasteiger partial charge in [0, 0.05) is 6.20 Å². The number of amides is 1. The summed E-state index contributed by atoms with van der Waals surface area (Å²) in [5.41, 5.74) is 6.30. The van der Waals surface area contributed by atoms with Crippen molar-refractivity contribution in [1.82, 2.24) is 4.98 Å². The molecule has 2 N–H and O–H groups in total. The number of pyridine rings is 1. The zero-order valence-corrected chi connectivity index (χ0v) is 7.99. The highest BCUT2D eigenvalue weighted by atomic mass is 32.2. The number of aromatic nitrogens is 1. The quantitative estimate of drug-likeness (QED) is 0.756. The molecule has 0 fully saturated rings. The molecule has 2 rings (SSSR count). The van der Waals surface area contributed by atoms with Gasteiger partial charge >= 0.3 is 5.24 Å². The maximum Gasteiger partial charge on any atom is 0.311 e. The summed E-state index contributed by atoms with van der Waals surface area (Å²) in [6, 6.07) is 5.53. The van der Waals surface area contributed by atoms with Crippen molar-refractivity contribution in [2.75, 3.05) is 0 Å². The summed E-state index contributed by atoms with van der Waals surface area (Å²) in [7, 11) is 0.